The van der Waals surface area contributed by atoms with Crippen LogP contribution in [0.15, 0.2) is 0 Å². The van der Waals surface area contributed by atoms with Crippen molar-refractivity contribution in [2.24, 2.45) is 5.41 Å². The Bertz CT molecular complexity index is 466. The third kappa shape index (κ3) is 3.91. The highest BCUT2D eigenvalue weighted by molar-refractivity contribution is 5.81. The fraction of sp³-hybridized carbons (Fsp3) is 0.889. The third-order valence-electron chi connectivity index (χ3n) is 5.91. The molecule has 0 aromatic rings. The summed E-state index contributed by atoms with van der Waals surface area (Å²) < 4.78 is 5.54. The van der Waals surface area contributed by atoms with E-state index in [0.717, 1.165) is 71.4 Å². The second kappa shape index (κ2) is 7.40. The SMILES string of the molecule is CN(C)CCN1CC2(CCC1=O)CCN(C(=O)[C@H]1CCCO1)CC2. The Kier molecular flexibility index (Phi) is 5.45. The van der Waals surface area contributed by atoms with Crippen LogP contribution in [0.2, 0.25) is 0 Å². The molecule has 0 aromatic heterocycles. The van der Waals surface area contributed by atoms with Crippen molar-refractivity contribution < 1.29 is 14.3 Å². The number of nitrogens with zero attached hydrogens (tertiary/aromatic N) is 3. The molecule has 6 nitrogen and oxygen atoms in total. The predicted molar refractivity (Wildman–Crippen MR) is 91.6 cm³/mol. The summed E-state index contributed by atoms with van der Waals surface area (Å²) in [6.45, 7) is 4.93. The van der Waals surface area contributed by atoms with Gasteiger partial charge in [-0.2, -0.15) is 0 Å². The molecule has 3 aliphatic rings. The number of rotatable bonds is 4. The summed E-state index contributed by atoms with van der Waals surface area (Å²) in [6, 6.07) is 0. The number of hydrogen-bond donors (Lipinski definition) is 0. The Labute approximate surface area is 145 Å². The van der Waals surface area contributed by atoms with E-state index in [1.807, 2.05) is 23.9 Å². The van der Waals surface area contributed by atoms with Crippen molar-refractivity contribution in [3.05, 3.63) is 0 Å². The average Bonchev–Trinajstić information content (AvgIpc) is 3.10. The van der Waals surface area contributed by atoms with Crippen molar-refractivity contribution in [2.75, 3.05) is 53.4 Å². The van der Waals surface area contributed by atoms with Gasteiger partial charge < -0.3 is 19.4 Å². The highest BCUT2D eigenvalue weighted by Crippen LogP contribution is 2.40. The van der Waals surface area contributed by atoms with Crippen LogP contribution in [-0.4, -0.2) is 86.0 Å². The molecule has 3 heterocycles. The number of carbonyl (C=O) groups is 2. The third-order valence-corrected chi connectivity index (χ3v) is 5.91. The second-order valence-corrected chi connectivity index (χ2v) is 7.95. The number of amides is 2. The summed E-state index contributed by atoms with van der Waals surface area (Å²) in [7, 11) is 4.08. The largest absolute Gasteiger partial charge is 0.368 e. The molecule has 136 valence electrons. The van der Waals surface area contributed by atoms with Gasteiger partial charge in [0.1, 0.15) is 6.10 Å². The van der Waals surface area contributed by atoms with Crippen molar-refractivity contribution in [1.29, 1.82) is 0 Å². The van der Waals surface area contributed by atoms with Crippen LogP contribution in [0, 0.1) is 5.41 Å². The molecule has 0 N–H and O–H groups in total. The first-order chi connectivity index (χ1) is 11.5. The summed E-state index contributed by atoms with van der Waals surface area (Å²) >= 11 is 0. The van der Waals surface area contributed by atoms with E-state index >= 15 is 0 Å². The van der Waals surface area contributed by atoms with Gasteiger partial charge in [-0.15, -0.1) is 0 Å². The normalized spacial score (nSPS) is 27.3. The van der Waals surface area contributed by atoms with Crippen LogP contribution in [0.25, 0.3) is 0 Å². The van der Waals surface area contributed by atoms with E-state index in [1.54, 1.807) is 0 Å². The van der Waals surface area contributed by atoms with Gasteiger partial charge in [-0.1, -0.05) is 0 Å². The van der Waals surface area contributed by atoms with E-state index < -0.39 is 0 Å². The first-order valence-corrected chi connectivity index (χ1v) is 9.32. The van der Waals surface area contributed by atoms with Gasteiger partial charge in [0.25, 0.3) is 5.91 Å². The minimum atomic E-state index is -0.205. The van der Waals surface area contributed by atoms with Crippen LogP contribution in [-0.2, 0) is 14.3 Å². The molecule has 1 spiro atoms. The molecule has 3 saturated heterocycles. The zero-order valence-electron chi connectivity index (χ0n) is 15.1. The molecule has 1 atom stereocenters. The molecule has 0 saturated carbocycles. The van der Waals surface area contributed by atoms with Crippen LogP contribution in [0.4, 0.5) is 0 Å². The van der Waals surface area contributed by atoms with Gasteiger partial charge in [-0.25, -0.2) is 0 Å². The number of likely N-dealkylation sites (tertiary alicyclic amines) is 2. The lowest BCUT2D eigenvalue weighted by Crippen LogP contribution is -2.54. The van der Waals surface area contributed by atoms with E-state index in [4.69, 9.17) is 4.74 Å². The molecule has 2 amide bonds. The minimum absolute atomic E-state index is 0.179. The molecule has 3 rings (SSSR count). The van der Waals surface area contributed by atoms with E-state index in [2.05, 4.69) is 4.90 Å². The van der Waals surface area contributed by atoms with Gasteiger partial charge in [-0.3, -0.25) is 9.59 Å². The van der Waals surface area contributed by atoms with Crippen LogP contribution >= 0.6 is 0 Å². The van der Waals surface area contributed by atoms with Crippen molar-refractivity contribution in [3.63, 3.8) is 0 Å². The van der Waals surface area contributed by atoms with Gasteiger partial charge >= 0.3 is 0 Å². The van der Waals surface area contributed by atoms with Gasteiger partial charge in [0.05, 0.1) is 0 Å². The Morgan fingerprint density at radius 2 is 2.04 bits per heavy atom. The van der Waals surface area contributed by atoms with Crippen LogP contribution in [0.5, 0.6) is 0 Å². The van der Waals surface area contributed by atoms with Gasteiger partial charge in [0.2, 0.25) is 5.91 Å². The van der Waals surface area contributed by atoms with Crippen molar-refractivity contribution in [2.45, 2.75) is 44.6 Å². The maximum absolute atomic E-state index is 12.5. The first-order valence-electron chi connectivity index (χ1n) is 9.32. The molecular weight excluding hydrogens is 306 g/mol. The Morgan fingerprint density at radius 1 is 1.29 bits per heavy atom. The minimum Gasteiger partial charge on any atom is -0.368 e. The quantitative estimate of drug-likeness (QED) is 0.767. The monoisotopic (exact) mass is 337 g/mol. The molecule has 3 aliphatic heterocycles. The lowest BCUT2D eigenvalue weighted by molar-refractivity contribution is -0.147. The Morgan fingerprint density at radius 3 is 2.67 bits per heavy atom. The predicted octanol–water partition coefficient (Wildman–Crippen LogP) is 0.958. The summed E-state index contributed by atoms with van der Waals surface area (Å²) in [5.74, 6) is 0.471. The number of hydrogen-bond acceptors (Lipinski definition) is 4. The topological polar surface area (TPSA) is 53.1 Å². The highest BCUT2D eigenvalue weighted by Gasteiger charge is 2.42. The maximum Gasteiger partial charge on any atom is 0.251 e. The van der Waals surface area contributed by atoms with Gasteiger partial charge in [-0.05, 0) is 51.6 Å². The lowest BCUT2D eigenvalue weighted by atomic mass is 9.72. The van der Waals surface area contributed by atoms with E-state index in [9.17, 15) is 9.59 Å². The lowest BCUT2D eigenvalue weighted by Gasteiger charge is -2.47. The fourth-order valence-electron chi connectivity index (χ4n) is 4.21. The van der Waals surface area contributed by atoms with E-state index in [0.29, 0.717) is 12.3 Å². The average molecular weight is 337 g/mol. The van der Waals surface area contributed by atoms with Crippen molar-refractivity contribution in [3.8, 4) is 0 Å². The highest BCUT2D eigenvalue weighted by atomic mass is 16.5. The number of carbonyl (C=O) groups excluding carboxylic acids is 2. The van der Waals surface area contributed by atoms with E-state index in [1.165, 1.54) is 0 Å². The maximum atomic E-state index is 12.5. The molecule has 0 bridgehead atoms. The van der Waals surface area contributed by atoms with E-state index in [-0.39, 0.29) is 17.4 Å². The zero-order chi connectivity index (χ0) is 17.2. The molecule has 0 aliphatic carbocycles. The standard InChI is InChI=1S/C18H31N3O3/c1-19(2)11-12-21-14-18(6-5-16(21)22)7-9-20(10-8-18)17(23)15-4-3-13-24-15/h15H,3-14H2,1-2H3/t15-/m1/s1. The molecule has 0 radical (unpaired) electrons. The van der Waals surface area contributed by atoms with Crippen molar-refractivity contribution >= 4 is 11.8 Å². The molecular formula is C18H31N3O3. The van der Waals surface area contributed by atoms with Gasteiger partial charge in [0.15, 0.2) is 0 Å². The Hall–Kier alpha value is -1.14. The summed E-state index contributed by atoms with van der Waals surface area (Å²) in [6.07, 6.45) is 5.32. The molecule has 3 fully saturated rings. The zero-order valence-corrected chi connectivity index (χ0v) is 15.1. The summed E-state index contributed by atoms with van der Waals surface area (Å²) in [4.78, 5) is 30.9. The van der Waals surface area contributed by atoms with Crippen molar-refractivity contribution in [1.82, 2.24) is 14.7 Å². The molecule has 0 unspecified atom stereocenters. The van der Waals surface area contributed by atoms with Crippen LogP contribution in [0.3, 0.4) is 0 Å². The number of likely N-dealkylation sites (N-methyl/N-ethyl adjacent to an activating group) is 1. The number of ether oxygens (including phenoxy) is 1. The smallest absolute Gasteiger partial charge is 0.251 e. The van der Waals surface area contributed by atoms with Crippen LogP contribution < -0.4 is 0 Å². The van der Waals surface area contributed by atoms with Crippen LogP contribution in [0.1, 0.15) is 38.5 Å². The first kappa shape index (κ1) is 17.7. The molecule has 24 heavy (non-hydrogen) atoms. The van der Waals surface area contributed by atoms with Gasteiger partial charge in [0, 0.05) is 45.8 Å². The summed E-state index contributed by atoms with van der Waals surface area (Å²) in [5, 5.41) is 0. The Balaban J connectivity index is 1.54. The molecule has 6 heteroatoms. The molecule has 0 aromatic carbocycles. The fourth-order valence-corrected chi connectivity index (χ4v) is 4.21. The summed E-state index contributed by atoms with van der Waals surface area (Å²) in [5.41, 5.74) is 0.216. The second-order valence-electron chi connectivity index (χ2n) is 7.95. The number of piperidine rings is 2.